The first-order valence-electron chi connectivity index (χ1n) is 10.2. The quantitative estimate of drug-likeness (QED) is 0.725. The Labute approximate surface area is 169 Å². The molecule has 0 aliphatic carbocycles. The fourth-order valence-electron chi connectivity index (χ4n) is 4.33. The third kappa shape index (κ3) is 3.46. The number of benzene rings is 2. The van der Waals surface area contributed by atoms with E-state index in [-0.39, 0.29) is 11.8 Å². The Morgan fingerprint density at radius 2 is 1.83 bits per heavy atom. The van der Waals surface area contributed by atoms with Gasteiger partial charge in [-0.2, -0.15) is 0 Å². The number of amides is 2. The summed E-state index contributed by atoms with van der Waals surface area (Å²) in [5.41, 5.74) is 5.43. The van der Waals surface area contributed by atoms with Gasteiger partial charge in [0.1, 0.15) is 0 Å². The van der Waals surface area contributed by atoms with Crippen LogP contribution in [-0.2, 0) is 22.4 Å². The SMILES string of the molecule is O=C1CCc2cc(N3CCN(C(=O)Cc4c[nH]c5ccccc45)CC3)ccc2N1. The van der Waals surface area contributed by atoms with Crippen LogP contribution in [0.1, 0.15) is 17.5 Å². The van der Waals surface area contributed by atoms with Crippen LogP contribution in [0.4, 0.5) is 11.4 Å². The Hall–Kier alpha value is -3.28. The van der Waals surface area contributed by atoms with Gasteiger partial charge in [-0.25, -0.2) is 0 Å². The number of carbonyl (C=O) groups is 2. The Bertz CT molecular complexity index is 1080. The minimum atomic E-state index is 0.0903. The molecule has 1 saturated heterocycles. The molecule has 1 aromatic heterocycles. The van der Waals surface area contributed by atoms with Crippen LogP contribution in [0.5, 0.6) is 0 Å². The predicted octanol–water partition coefficient (Wildman–Crippen LogP) is 2.94. The molecule has 3 heterocycles. The lowest BCUT2D eigenvalue weighted by molar-refractivity contribution is -0.130. The molecule has 5 rings (SSSR count). The summed E-state index contributed by atoms with van der Waals surface area (Å²) in [5.74, 6) is 0.273. The third-order valence-electron chi connectivity index (χ3n) is 6.00. The number of piperazine rings is 1. The highest BCUT2D eigenvalue weighted by atomic mass is 16.2. The Balaban J connectivity index is 1.22. The lowest BCUT2D eigenvalue weighted by atomic mass is 10.0. The second-order valence-corrected chi connectivity index (χ2v) is 7.79. The number of H-pyrrole nitrogens is 1. The zero-order chi connectivity index (χ0) is 19.8. The molecule has 148 valence electrons. The van der Waals surface area contributed by atoms with Crippen LogP contribution in [0.3, 0.4) is 0 Å². The van der Waals surface area contributed by atoms with Crippen molar-refractivity contribution in [3.05, 3.63) is 59.8 Å². The number of hydrogen-bond acceptors (Lipinski definition) is 3. The van der Waals surface area contributed by atoms with Gasteiger partial charge in [0.15, 0.2) is 0 Å². The topological polar surface area (TPSA) is 68.4 Å². The number of fused-ring (bicyclic) bond motifs is 2. The number of para-hydroxylation sites is 1. The summed E-state index contributed by atoms with van der Waals surface area (Å²) in [6.07, 6.45) is 3.72. The van der Waals surface area contributed by atoms with Crippen molar-refractivity contribution in [1.29, 1.82) is 0 Å². The third-order valence-corrected chi connectivity index (χ3v) is 6.00. The molecule has 3 aromatic rings. The molecular weight excluding hydrogens is 364 g/mol. The summed E-state index contributed by atoms with van der Waals surface area (Å²) < 4.78 is 0. The van der Waals surface area contributed by atoms with E-state index in [1.165, 1.54) is 11.3 Å². The Morgan fingerprint density at radius 3 is 2.69 bits per heavy atom. The van der Waals surface area contributed by atoms with Crippen LogP contribution in [0.15, 0.2) is 48.7 Å². The molecule has 6 nitrogen and oxygen atoms in total. The highest BCUT2D eigenvalue weighted by molar-refractivity contribution is 5.94. The second-order valence-electron chi connectivity index (χ2n) is 7.79. The molecule has 0 atom stereocenters. The summed E-state index contributed by atoms with van der Waals surface area (Å²) in [6.45, 7) is 3.11. The number of aromatic nitrogens is 1. The van der Waals surface area contributed by atoms with Crippen LogP contribution in [0.25, 0.3) is 10.9 Å². The normalized spacial score (nSPS) is 16.6. The zero-order valence-electron chi connectivity index (χ0n) is 16.3. The van der Waals surface area contributed by atoms with E-state index in [0.29, 0.717) is 12.8 Å². The number of nitrogens with one attached hydrogen (secondary N) is 2. The first-order chi connectivity index (χ1) is 14.2. The summed E-state index contributed by atoms with van der Waals surface area (Å²) in [4.78, 5) is 31.9. The number of aromatic amines is 1. The first-order valence-corrected chi connectivity index (χ1v) is 10.2. The second kappa shape index (κ2) is 7.28. The van der Waals surface area contributed by atoms with Crippen LogP contribution < -0.4 is 10.2 Å². The average molecular weight is 388 g/mol. The van der Waals surface area contributed by atoms with Gasteiger partial charge >= 0.3 is 0 Å². The van der Waals surface area contributed by atoms with E-state index in [2.05, 4.69) is 33.4 Å². The van der Waals surface area contributed by atoms with E-state index in [9.17, 15) is 9.59 Å². The van der Waals surface area contributed by atoms with Gasteiger partial charge in [-0.15, -0.1) is 0 Å². The first kappa shape index (κ1) is 17.8. The lowest BCUT2D eigenvalue weighted by Crippen LogP contribution is -2.49. The number of rotatable bonds is 3. The van der Waals surface area contributed by atoms with E-state index in [0.717, 1.165) is 54.8 Å². The average Bonchev–Trinajstić information content (AvgIpc) is 3.16. The molecule has 2 aromatic carbocycles. The largest absolute Gasteiger partial charge is 0.368 e. The molecule has 2 aliphatic heterocycles. The van der Waals surface area contributed by atoms with Gasteiger partial charge in [-0.1, -0.05) is 18.2 Å². The number of carbonyl (C=O) groups excluding carboxylic acids is 2. The molecule has 0 unspecified atom stereocenters. The van der Waals surface area contributed by atoms with Gasteiger partial charge in [-0.05, 0) is 41.8 Å². The maximum Gasteiger partial charge on any atom is 0.227 e. The molecule has 0 radical (unpaired) electrons. The minimum Gasteiger partial charge on any atom is -0.368 e. The van der Waals surface area contributed by atoms with Crippen molar-refractivity contribution < 1.29 is 9.59 Å². The molecule has 2 N–H and O–H groups in total. The summed E-state index contributed by atoms with van der Waals surface area (Å²) >= 11 is 0. The van der Waals surface area contributed by atoms with Crippen molar-refractivity contribution in [3.8, 4) is 0 Å². The molecule has 1 fully saturated rings. The van der Waals surface area contributed by atoms with E-state index >= 15 is 0 Å². The molecule has 2 aliphatic rings. The number of anilines is 2. The van der Waals surface area contributed by atoms with Crippen molar-refractivity contribution in [3.63, 3.8) is 0 Å². The van der Waals surface area contributed by atoms with E-state index in [4.69, 9.17) is 0 Å². The van der Waals surface area contributed by atoms with Gasteiger partial charge < -0.3 is 20.1 Å². The van der Waals surface area contributed by atoms with E-state index < -0.39 is 0 Å². The Morgan fingerprint density at radius 1 is 1.00 bits per heavy atom. The van der Waals surface area contributed by atoms with Gasteiger partial charge in [0.2, 0.25) is 11.8 Å². The fourth-order valence-corrected chi connectivity index (χ4v) is 4.33. The molecule has 0 spiro atoms. The lowest BCUT2D eigenvalue weighted by Gasteiger charge is -2.36. The predicted molar refractivity (Wildman–Crippen MR) is 114 cm³/mol. The van der Waals surface area contributed by atoms with Gasteiger partial charge in [0, 0.05) is 61.1 Å². The molecule has 0 bridgehead atoms. The van der Waals surface area contributed by atoms with Crippen molar-refractivity contribution >= 4 is 34.1 Å². The standard InChI is InChI=1S/C23H24N4O2/c28-22-8-5-16-13-18(6-7-20(16)25-22)26-9-11-27(12-10-26)23(29)14-17-15-24-21-4-2-1-3-19(17)21/h1-4,6-7,13,15,24H,5,8-12,14H2,(H,25,28). The number of hydrogen-bond donors (Lipinski definition) is 2. The summed E-state index contributed by atoms with van der Waals surface area (Å²) in [5, 5.41) is 4.06. The summed E-state index contributed by atoms with van der Waals surface area (Å²) in [6, 6.07) is 14.3. The van der Waals surface area contributed by atoms with E-state index in [1.807, 2.05) is 35.4 Å². The van der Waals surface area contributed by atoms with Crippen molar-refractivity contribution in [1.82, 2.24) is 9.88 Å². The maximum absolute atomic E-state index is 12.8. The van der Waals surface area contributed by atoms with Gasteiger partial charge in [0.05, 0.1) is 6.42 Å². The highest BCUT2D eigenvalue weighted by Gasteiger charge is 2.23. The van der Waals surface area contributed by atoms with Crippen LogP contribution >= 0.6 is 0 Å². The molecular formula is C23H24N4O2. The zero-order valence-corrected chi connectivity index (χ0v) is 16.3. The molecule has 6 heteroatoms. The fraction of sp³-hybridized carbons (Fsp3) is 0.304. The van der Waals surface area contributed by atoms with Crippen molar-refractivity contribution in [2.45, 2.75) is 19.3 Å². The van der Waals surface area contributed by atoms with Gasteiger partial charge in [-0.3, -0.25) is 9.59 Å². The van der Waals surface area contributed by atoms with Crippen molar-refractivity contribution in [2.75, 3.05) is 36.4 Å². The van der Waals surface area contributed by atoms with Gasteiger partial charge in [0.25, 0.3) is 0 Å². The smallest absolute Gasteiger partial charge is 0.227 e. The Kier molecular flexibility index (Phi) is 4.46. The molecule has 2 amide bonds. The molecule has 29 heavy (non-hydrogen) atoms. The van der Waals surface area contributed by atoms with E-state index in [1.54, 1.807) is 0 Å². The van der Waals surface area contributed by atoms with Crippen LogP contribution in [0, 0.1) is 0 Å². The number of aryl methyl sites for hydroxylation is 1. The van der Waals surface area contributed by atoms with Crippen LogP contribution in [0.2, 0.25) is 0 Å². The summed E-state index contributed by atoms with van der Waals surface area (Å²) in [7, 11) is 0. The van der Waals surface area contributed by atoms with Crippen molar-refractivity contribution in [2.24, 2.45) is 0 Å². The minimum absolute atomic E-state index is 0.0903. The maximum atomic E-state index is 12.8. The number of nitrogens with zero attached hydrogens (tertiary/aromatic N) is 2. The molecule has 0 saturated carbocycles. The monoisotopic (exact) mass is 388 g/mol. The highest BCUT2D eigenvalue weighted by Crippen LogP contribution is 2.28. The van der Waals surface area contributed by atoms with Crippen LogP contribution in [-0.4, -0.2) is 47.9 Å².